The van der Waals surface area contributed by atoms with Gasteiger partial charge in [-0.25, -0.2) is 15.0 Å². The number of carbonyl (C=O) groups is 1. The molecule has 30 heavy (non-hydrogen) atoms. The third-order valence-corrected chi connectivity index (χ3v) is 5.81. The third kappa shape index (κ3) is 4.54. The predicted molar refractivity (Wildman–Crippen MR) is 122 cm³/mol. The molecule has 0 radical (unpaired) electrons. The number of thiol groups is 1. The molecule has 2 aromatic heterocycles. The zero-order chi connectivity index (χ0) is 21.1. The zero-order valence-electron chi connectivity index (χ0n) is 17.4. The van der Waals surface area contributed by atoms with E-state index in [0.29, 0.717) is 30.2 Å². The van der Waals surface area contributed by atoms with Crippen LogP contribution in [-0.4, -0.2) is 27.3 Å². The Balaban J connectivity index is 1.47. The second-order valence-electron chi connectivity index (χ2n) is 7.99. The fourth-order valence-electron chi connectivity index (χ4n) is 3.70. The Morgan fingerprint density at radius 1 is 1.17 bits per heavy atom. The fourth-order valence-corrected chi connectivity index (χ4v) is 3.85. The molecule has 0 saturated heterocycles. The van der Waals surface area contributed by atoms with Crippen LogP contribution in [0.25, 0.3) is 0 Å². The summed E-state index contributed by atoms with van der Waals surface area (Å²) >= 11 is 4.26. The average molecular weight is 419 g/mol. The molecular weight excluding hydrogens is 392 g/mol. The van der Waals surface area contributed by atoms with E-state index in [9.17, 15) is 4.79 Å². The zero-order valence-corrected chi connectivity index (χ0v) is 18.3. The molecule has 0 aliphatic carbocycles. The van der Waals surface area contributed by atoms with E-state index in [0.717, 1.165) is 41.4 Å². The molecule has 154 valence electrons. The minimum atomic E-state index is 0.107. The van der Waals surface area contributed by atoms with Crippen LogP contribution in [0, 0.1) is 0 Å². The molecule has 0 atom stereocenters. The first-order valence-corrected chi connectivity index (χ1v) is 10.9. The van der Waals surface area contributed by atoms with Crippen molar-refractivity contribution in [2.45, 2.75) is 44.9 Å². The summed E-state index contributed by atoms with van der Waals surface area (Å²) in [5, 5.41) is 0. The van der Waals surface area contributed by atoms with Gasteiger partial charge in [0.2, 0.25) is 0 Å². The summed E-state index contributed by atoms with van der Waals surface area (Å²) < 4.78 is 0. The van der Waals surface area contributed by atoms with Crippen LogP contribution in [-0.2, 0) is 25.1 Å². The first kappa shape index (κ1) is 20.5. The molecule has 1 aliphatic rings. The summed E-state index contributed by atoms with van der Waals surface area (Å²) in [6.07, 6.45) is 4.84. The van der Waals surface area contributed by atoms with Gasteiger partial charge in [-0.1, -0.05) is 38.1 Å². The summed E-state index contributed by atoms with van der Waals surface area (Å²) in [6.45, 7) is 5.85. The van der Waals surface area contributed by atoms with Gasteiger partial charge in [-0.2, -0.15) is 12.6 Å². The van der Waals surface area contributed by atoms with Crippen LogP contribution in [0.1, 0.15) is 58.3 Å². The van der Waals surface area contributed by atoms with Gasteiger partial charge in [-0.05, 0) is 29.2 Å². The lowest BCUT2D eigenvalue weighted by Gasteiger charge is -2.29. The number of ketones is 1. The van der Waals surface area contributed by atoms with Crippen molar-refractivity contribution in [2.75, 3.05) is 11.4 Å². The minimum absolute atomic E-state index is 0.107. The largest absolute Gasteiger partial charge is 0.352 e. The minimum Gasteiger partial charge on any atom is -0.352 e. The van der Waals surface area contributed by atoms with E-state index in [1.54, 1.807) is 12.3 Å². The van der Waals surface area contributed by atoms with Gasteiger partial charge >= 0.3 is 0 Å². The van der Waals surface area contributed by atoms with Crippen molar-refractivity contribution in [3.05, 3.63) is 82.6 Å². The SMILES string of the molecule is CC(C)c1ccc(CC(=O)c2ccnc(N3CCc4nc(CS)ncc4C3)c2)cc1. The van der Waals surface area contributed by atoms with Gasteiger partial charge in [-0.15, -0.1) is 0 Å². The number of benzene rings is 1. The molecule has 0 amide bonds. The molecule has 3 aromatic rings. The van der Waals surface area contributed by atoms with Gasteiger partial charge in [0.15, 0.2) is 5.78 Å². The fraction of sp³-hybridized carbons (Fsp3) is 0.333. The summed E-state index contributed by atoms with van der Waals surface area (Å²) in [4.78, 5) is 28.5. The molecule has 0 N–H and O–H groups in total. The summed E-state index contributed by atoms with van der Waals surface area (Å²) in [7, 11) is 0. The molecule has 1 aromatic carbocycles. The number of carbonyl (C=O) groups excluding carboxylic acids is 1. The van der Waals surface area contributed by atoms with E-state index in [1.807, 2.05) is 12.3 Å². The predicted octanol–water partition coefficient (Wildman–Crippen LogP) is 4.41. The summed E-state index contributed by atoms with van der Waals surface area (Å²) in [5.41, 5.74) is 5.21. The second kappa shape index (κ2) is 8.96. The first-order valence-electron chi connectivity index (χ1n) is 10.3. The van der Waals surface area contributed by atoms with Gasteiger partial charge in [-0.3, -0.25) is 4.79 Å². The van der Waals surface area contributed by atoms with Gasteiger partial charge in [0.25, 0.3) is 0 Å². The average Bonchev–Trinajstić information content (AvgIpc) is 2.78. The highest BCUT2D eigenvalue weighted by atomic mass is 32.1. The molecule has 3 heterocycles. The number of rotatable bonds is 6. The number of hydrogen-bond acceptors (Lipinski definition) is 6. The Labute approximate surface area is 183 Å². The number of Topliss-reactive ketones (excluding diaryl/α,β-unsaturated/α-hetero) is 1. The second-order valence-corrected chi connectivity index (χ2v) is 8.30. The van der Waals surface area contributed by atoms with Gasteiger partial charge in [0.05, 0.1) is 11.4 Å². The number of aromatic nitrogens is 3. The van der Waals surface area contributed by atoms with Crippen molar-refractivity contribution in [1.29, 1.82) is 0 Å². The van der Waals surface area contributed by atoms with Crippen molar-refractivity contribution >= 4 is 24.2 Å². The van der Waals surface area contributed by atoms with E-state index in [1.165, 1.54) is 5.56 Å². The topological polar surface area (TPSA) is 59.0 Å². The molecule has 0 unspecified atom stereocenters. The molecule has 0 fully saturated rings. The quantitative estimate of drug-likeness (QED) is 0.475. The number of nitrogens with zero attached hydrogens (tertiary/aromatic N) is 4. The van der Waals surface area contributed by atoms with Crippen molar-refractivity contribution in [2.24, 2.45) is 0 Å². The van der Waals surface area contributed by atoms with Crippen molar-refractivity contribution in [3.63, 3.8) is 0 Å². The van der Waals surface area contributed by atoms with Crippen LogP contribution >= 0.6 is 12.6 Å². The highest BCUT2D eigenvalue weighted by Gasteiger charge is 2.20. The molecule has 1 aliphatic heterocycles. The summed E-state index contributed by atoms with van der Waals surface area (Å²) in [5.74, 6) is 2.72. The number of pyridine rings is 1. The Hall–Kier alpha value is -2.73. The summed E-state index contributed by atoms with van der Waals surface area (Å²) in [6, 6.07) is 12.0. The Bertz CT molecular complexity index is 1050. The Kier molecular flexibility index (Phi) is 6.13. The molecular formula is C24H26N4OS. The lowest BCUT2D eigenvalue weighted by Crippen LogP contribution is -2.32. The molecule has 4 rings (SSSR count). The molecule has 0 spiro atoms. The first-order chi connectivity index (χ1) is 14.5. The third-order valence-electron chi connectivity index (χ3n) is 5.53. The smallest absolute Gasteiger partial charge is 0.167 e. The van der Waals surface area contributed by atoms with Crippen LogP contribution in [0.3, 0.4) is 0 Å². The van der Waals surface area contributed by atoms with E-state index < -0.39 is 0 Å². The van der Waals surface area contributed by atoms with Crippen molar-refractivity contribution < 1.29 is 4.79 Å². The Morgan fingerprint density at radius 3 is 2.70 bits per heavy atom. The lowest BCUT2D eigenvalue weighted by atomic mass is 9.98. The molecule has 0 saturated carbocycles. The van der Waals surface area contributed by atoms with Crippen LogP contribution < -0.4 is 4.90 Å². The van der Waals surface area contributed by atoms with Gasteiger partial charge < -0.3 is 4.90 Å². The van der Waals surface area contributed by atoms with Gasteiger partial charge in [0, 0.05) is 49.5 Å². The Morgan fingerprint density at radius 2 is 1.97 bits per heavy atom. The maximum Gasteiger partial charge on any atom is 0.167 e. The highest BCUT2D eigenvalue weighted by Crippen LogP contribution is 2.23. The molecule has 6 heteroatoms. The monoisotopic (exact) mass is 418 g/mol. The standard InChI is InChI=1S/C24H26N4OS/c1-16(2)18-5-3-17(4-6-18)11-22(29)19-7-9-25-24(12-19)28-10-8-21-20(14-28)13-26-23(15-30)27-21/h3-7,9,12-13,16,30H,8,10-11,14-15H2,1-2H3. The lowest BCUT2D eigenvalue weighted by molar-refractivity contribution is 0.0993. The highest BCUT2D eigenvalue weighted by molar-refractivity contribution is 7.79. The number of fused-ring (bicyclic) bond motifs is 1. The number of hydrogen-bond donors (Lipinski definition) is 1. The van der Waals surface area contributed by atoms with E-state index in [4.69, 9.17) is 0 Å². The van der Waals surface area contributed by atoms with E-state index >= 15 is 0 Å². The van der Waals surface area contributed by atoms with Crippen molar-refractivity contribution in [3.8, 4) is 0 Å². The molecule has 0 bridgehead atoms. The van der Waals surface area contributed by atoms with E-state index in [2.05, 4.69) is 70.6 Å². The van der Waals surface area contributed by atoms with Gasteiger partial charge in [0.1, 0.15) is 11.6 Å². The van der Waals surface area contributed by atoms with Crippen LogP contribution in [0.5, 0.6) is 0 Å². The molecule has 5 nitrogen and oxygen atoms in total. The number of anilines is 1. The van der Waals surface area contributed by atoms with Crippen molar-refractivity contribution in [1.82, 2.24) is 15.0 Å². The normalized spacial score (nSPS) is 13.4. The van der Waals surface area contributed by atoms with Crippen LogP contribution in [0.2, 0.25) is 0 Å². The maximum absolute atomic E-state index is 12.9. The van der Waals surface area contributed by atoms with E-state index in [-0.39, 0.29) is 5.78 Å². The van der Waals surface area contributed by atoms with Crippen LogP contribution in [0.15, 0.2) is 48.8 Å². The van der Waals surface area contributed by atoms with Crippen LogP contribution in [0.4, 0.5) is 5.82 Å². The maximum atomic E-state index is 12.9.